The van der Waals surface area contributed by atoms with Crippen molar-refractivity contribution >= 4 is 38.8 Å². The number of hydrogen-bond donors (Lipinski definition) is 0. The molecule has 1 aliphatic carbocycles. The van der Waals surface area contributed by atoms with Gasteiger partial charge in [0.1, 0.15) is 17.0 Å². The van der Waals surface area contributed by atoms with Gasteiger partial charge in [-0.1, -0.05) is 171 Å². The number of aromatic nitrogens is 3. The van der Waals surface area contributed by atoms with Crippen LogP contribution < -0.4 is 0 Å². The van der Waals surface area contributed by atoms with Crippen LogP contribution in [0.3, 0.4) is 0 Å². The molecule has 2 heterocycles. The Morgan fingerprint density at radius 3 is 1.95 bits per heavy atom. The van der Waals surface area contributed by atoms with E-state index in [2.05, 4.69) is 159 Å². The summed E-state index contributed by atoms with van der Waals surface area (Å²) in [6, 6.07) is 60.0. The molecule has 8 aromatic carbocycles. The Bertz CT molecular complexity index is 3210. The minimum absolute atomic E-state index is 0.200. The van der Waals surface area contributed by atoms with Gasteiger partial charge in [-0.2, -0.15) is 0 Å². The average molecular weight is 758 g/mol. The quantitative estimate of drug-likeness (QED) is 0.162. The van der Waals surface area contributed by atoms with E-state index in [4.69, 9.17) is 19.4 Å². The highest BCUT2D eigenvalue weighted by Crippen LogP contribution is 2.45. The molecule has 1 aliphatic rings. The minimum Gasteiger partial charge on any atom is -0.456 e. The van der Waals surface area contributed by atoms with Crippen molar-refractivity contribution in [3.05, 3.63) is 204 Å². The van der Waals surface area contributed by atoms with E-state index in [0.29, 0.717) is 17.5 Å². The fourth-order valence-electron chi connectivity index (χ4n) is 9.13. The molecule has 2 aromatic heterocycles. The molecule has 0 aliphatic heterocycles. The van der Waals surface area contributed by atoms with Gasteiger partial charge in [0.25, 0.3) is 0 Å². The summed E-state index contributed by atoms with van der Waals surface area (Å²) in [6.45, 7) is 4.40. The molecule has 0 radical (unpaired) electrons. The van der Waals surface area contributed by atoms with Gasteiger partial charge in [-0.05, 0) is 98.0 Å². The predicted octanol–water partition coefficient (Wildman–Crippen LogP) is 14.3. The fraction of sp³-hybridized carbons (Fsp3) is 0.0727. The average Bonchev–Trinajstić information content (AvgIpc) is 3.68. The number of fused-ring (bicyclic) bond motifs is 3. The molecule has 1 atom stereocenters. The molecule has 4 nitrogen and oxygen atoms in total. The van der Waals surface area contributed by atoms with Crippen molar-refractivity contribution < 1.29 is 4.42 Å². The maximum absolute atomic E-state index is 6.77. The van der Waals surface area contributed by atoms with E-state index in [9.17, 15) is 0 Å². The topological polar surface area (TPSA) is 51.8 Å². The van der Waals surface area contributed by atoms with E-state index in [1.807, 2.05) is 36.4 Å². The van der Waals surface area contributed by atoms with Crippen molar-refractivity contribution in [2.75, 3.05) is 0 Å². The number of nitrogens with zero attached hydrogens (tertiary/aromatic N) is 3. The molecule has 0 N–H and O–H groups in total. The molecule has 0 unspecified atom stereocenters. The van der Waals surface area contributed by atoms with Gasteiger partial charge < -0.3 is 4.42 Å². The molecule has 0 saturated carbocycles. The maximum Gasteiger partial charge on any atom is 0.163 e. The number of benzene rings is 8. The normalized spacial score (nSPS) is 12.7. The monoisotopic (exact) mass is 757 g/mol. The van der Waals surface area contributed by atoms with Crippen LogP contribution in [0.2, 0.25) is 0 Å². The number of aryl methyl sites for hydroxylation is 1. The number of allylic oxidation sites excluding steroid dienone is 1. The van der Waals surface area contributed by atoms with Gasteiger partial charge in [0.05, 0.1) is 0 Å². The van der Waals surface area contributed by atoms with Gasteiger partial charge in [-0.15, -0.1) is 0 Å². The lowest BCUT2D eigenvalue weighted by Gasteiger charge is -2.22. The van der Waals surface area contributed by atoms with Crippen molar-refractivity contribution in [1.82, 2.24) is 15.0 Å². The smallest absolute Gasteiger partial charge is 0.163 e. The van der Waals surface area contributed by atoms with Crippen LogP contribution in [-0.4, -0.2) is 15.0 Å². The van der Waals surface area contributed by atoms with Gasteiger partial charge in [0.15, 0.2) is 11.6 Å². The molecule has 0 spiro atoms. The minimum atomic E-state index is -0.200. The van der Waals surface area contributed by atoms with Crippen LogP contribution in [-0.2, 0) is 6.42 Å². The second kappa shape index (κ2) is 14.2. The Morgan fingerprint density at radius 1 is 0.492 bits per heavy atom. The largest absolute Gasteiger partial charge is 0.456 e. The molecular formula is C55H39N3O. The van der Waals surface area contributed by atoms with Gasteiger partial charge in [-0.25, -0.2) is 15.0 Å². The van der Waals surface area contributed by atoms with Crippen LogP contribution in [0.1, 0.15) is 40.9 Å². The first kappa shape index (κ1) is 34.8. The van der Waals surface area contributed by atoms with Gasteiger partial charge in [0.2, 0.25) is 0 Å². The Morgan fingerprint density at radius 2 is 1.17 bits per heavy atom. The first-order valence-corrected chi connectivity index (χ1v) is 20.3. The zero-order chi connectivity index (χ0) is 39.5. The molecular weight excluding hydrogens is 719 g/mol. The van der Waals surface area contributed by atoms with Crippen molar-refractivity contribution in [2.24, 2.45) is 0 Å². The van der Waals surface area contributed by atoms with Gasteiger partial charge >= 0.3 is 0 Å². The molecule has 11 rings (SSSR count). The van der Waals surface area contributed by atoms with E-state index in [1.54, 1.807) is 0 Å². The number of rotatable bonds is 7. The summed E-state index contributed by atoms with van der Waals surface area (Å²) in [7, 11) is 0. The van der Waals surface area contributed by atoms with E-state index in [0.717, 1.165) is 61.7 Å². The first-order chi connectivity index (χ1) is 29.1. The Hall–Kier alpha value is -7.43. The molecule has 280 valence electrons. The maximum atomic E-state index is 6.77. The molecule has 10 aromatic rings. The Labute approximate surface area is 343 Å². The van der Waals surface area contributed by atoms with Gasteiger partial charge in [-0.3, -0.25) is 0 Å². The Balaban J connectivity index is 1.10. The second-order valence-corrected chi connectivity index (χ2v) is 15.5. The van der Waals surface area contributed by atoms with Crippen molar-refractivity contribution in [3.63, 3.8) is 0 Å². The second-order valence-electron chi connectivity index (χ2n) is 15.5. The third-order valence-corrected chi connectivity index (χ3v) is 12.0. The van der Waals surface area contributed by atoms with Crippen LogP contribution >= 0.6 is 0 Å². The lowest BCUT2D eigenvalue weighted by molar-refractivity contribution is 0.669. The highest BCUT2D eigenvalue weighted by atomic mass is 16.3. The van der Waals surface area contributed by atoms with E-state index in [1.165, 1.54) is 44.2 Å². The van der Waals surface area contributed by atoms with Crippen molar-refractivity contribution in [3.8, 4) is 56.2 Å². The predicted molar refractivity (Wildman–Crippen MR) is 243 cm³/mol. The van der Waals surface area contributed by atoms with Crippen LogP contribution in [0.25, 0.3) is 94.9 Å². The zero-order valence-corrected chi connectivity index (χ0v) is 32.9. The highest BCUT2D eigenvalue weighted by molar-refractivity contribution is 6.16. The summed E-state index contributed by atoms with van der Waals surface area (Å²) >= 11 is 0. The SMILES string of the molecule is Cc1ccccc1-c1cccc(-c2ccc3c(c2)oc2cccc(-c4ccc5c6c(cccc46)CC=C5)c23)c1[C@H](C)c1nc(-c2ccccc2)nc(-c2ccccc2)n1. The summed E-state index contributed by atoms with van der Waals surface area (Å²) < 4.78 is 6.77. The number of furan rings is 1. The molecule has 0 saturated heterocycles. The van der Waals surface area contributed by atoms with Crippen LogP contribution in [0.4, 0.5) is 0 Å². The van der Waals surface area contributed by atoms with E-state index in [-0.39, 0.29) is 5.92 Å². The third-order valence-electron chi connectivity index (χ3n) is 12.0. The molecule has 0 fully saturated rings. The molecule has 0 bridgehead atoms. The summed E-state index contributed by atoms with van der Waals surface area (Å²) in [4.78, 5) is 15.4. The standard InChI is InChI=1S/C55H39N3O/c1-34-15-9-10-23-41(34)44-26-13-24-42(50(44)35(2)53-56-54(38-16-5-3-6-17-38)58-55(57-53)39-18-7-4-8-19-39)40-30-32-47-49(33-40)59-48-28-14-27-46(52(47)48)43-31-29-37-21-11-20-36-22-12-25-45(43)51(36)37/h3-19,21-33,35H,20H2,1-2H3/t35-/m0/s1. The lowest BCUT2D eigenvalue weighted by Crippen LogP contribution is -2.10. The summed E-state index contributed by atoms with van der Waals surface area (Å²) in [5, 5.41) is 4.86. The molecule has 0 amide bonds. The van der Waals surface area contributed by atoms with E-state index >= 15 is 0 Å². The summed E-state index contributed by atoms with van der Waals surface area (Å²) in [6.07, 6.45) is 5.47. The first-order valence-electron chi connectivity index (χ1n) is 20.3. The number of hydrogen-bond acceptors (Lipinski definition) is 4. The zero-order valence-electron chi connectivity index (χ0n) is 32.9. The van der Waals surface area contributed by atoms with Crippen LogP contribution in [0.5, 0.6) is 0 Å². The van der Waals surface area contributed by atoms with Gasteiger partial charge in [0, 0.05) is 27.8 Å². The summed E-state index contributed by atoms with van der Waals surface area (Å²) in [5.41, 5.74) is 15.6. The Kier molecular flexibility index (Phi) is 8.37. The van der Waals surface area contributed by atoms with Crippen molar-refractivity contribution in [1.29, 1.82) is 0 Å². The van der Waals surface area contributed by atoms with E-state index < -0.39 is 0 Å². The molecule has 4 heteroatoms. The lowest BCUT2D eigenvalue weighted by atomic mass is 9.83. The van der Waals surface area contributed by atoms with Crippen LogP contribution in [0.15, 0.2) is 180 Å². The highest BCUT2D eigenvalue weighted by Gasteiger charge is 2.25. The van der Waals surface area contributed by atoms with Crippen molar-refractivity contribution in [2.45, 2.75) is 26.2 Å². The summed E-state index contributed by atoms with van der Waals surface area (Å²) in [5.74, 6) is 1.83. The molecule has 59 heavy (non-hydrogen) atoms. The van der Waals surface area contributed by atoms with Crippen LogP contribution in [0, 0.1) is 6.92 Å². The fourth-order valence-corrected chi connectivity index (χ4v) is 9.13. The third kappa shape index (κ3) is 5.95.